The highest BCUT2D eigenvalue weighted by Crippen LogP contribution is 2.21. The third-order valence-electron chi connectivity index (χ3n) is 2.50. The van der Waals surface area contributed by atoms with E-state index in [4.69, 9.17) is 16.3 Å². The van der Waals surface area contributed by atoms with Gasteiger partial charge in [0.1, 0.15) is 5.75 Å². The molecule has 0 radical (unpaired) electrons. The van der Waals surface area contributed by atoms with Crippen LogP contribution in [-0.2, 0) is 4.79 Å². The maximum atomic E-state index is 11.7. The second-order valence-corrected chi connectivity index (χ2v) is 4.47. The van der Waals surface area contributed by atoms with Crippen molar-refractivity contribution in [1.82, 2.24) is 0 Å². The largest absolute Gasteiger partial charge is 0.483 e. The van der Waals surface area contributed by atoms with Crippen LogP contribution in [0.4, 0.5) is 5.69 Å². The van der Waals surface area contributed by atoms with Gasteiger partial charge >= 0.3 is 0 Å². The van der Waals surface area contributed by atoms with Crippen LogP contribution in [0.5, 0.6) is 5.75 Å². The number of amides is 1. The van der Waals surface area contributed by atoms with Crippen molar-refractivity contribution in [2.24, 2.45) is 0 Å². The Morgan fingerprint density at radius 1 is 1.32 bits per heavy atom. The van der Waals surface area contributed by atoms with E-state index in [2.05, 4.69) is 10.3 Å². The minimum Gasteiger partial charge on any atom is -0.483 e. The van der Waals surface area contributed by atoms with Gasteiger partial charge in [-0.05, 0) is 30.7 Å². The summed E-state index contributed by atoms with van der Waals surface area (Å²) in [5.74, 6) is 0.446. The van der Waals surface area contributed by atoms with Gasteiger partial charge in [-0.3, -0.25) is 4.79 Å². The average Bonchev–Trinajstić information content (AvgIpc) is 2.39. The molecule has 4 nitrogen and oxygen atoms in total. The average molecular weight is 278 g/mol. The summed E-state index contributed by atoms with van der Waals surface area (Å²) < 4.78 is 5.45. The zero-order valence-electron chi connectivity index (χ0n) is 10.4. The molecule has 0 spiro atoms. The van der Waals surface area contributed by atoms with E-state index in [1.165, 1.54) is 0 Å². The second kappa shape index (κ2) is 6.20. The maximum absolute atomic E-state index is 11.7. The van der Waals surface area contributed by atoms with Gasteiger partial charge in [0.25, 0.3) is 5.91 Å². The number of benzene rings is 1. The summed E-state index contributed by atoms with van der Waals surface area (Å²) in [6, 6.07) is 8.82. The van der Waals surface area contributed by atoms with Crippen molar-refractivity contribution < 1.29 is 14.5 Å². The third-order valence-corrected chi connectivity index (χ3v) is 2.73. The maximum Gasteiger partial charge on any atom is 0.262 e. The zero-order chi connectivity index (χ0) is 13.7. The van der Waals surface area contributed by atoms with Crippen molar-refractivity contribution in [2.75, 3.05) is 11.9 Å². The van der Waals surface area contributed by atoms with Crippen molar-refractivity contribution in [3.8, 4) is 5.75 Å². The van der Waals surface area contributed by atoms with Gasteiger partial charge in [-0.1, -0.05) is 11.6 Å². The number of anilines is 1. The molecule has 1 heterocycles. The number of aromatic amines is 1. The molecule has 0 saturated heterocycles. The Morgan fingerprint density at radius 2 is 2.05 bits per heavy atom. The van der Waals surface area contributed by atoms with Gasteiger partial charge in [-0.15, -0.1) is 0 Å². The van der Waals surface area contributed by atoms with Crippen LogP contribution in [-0.4, -0.2) is 12.5 Å². The molecule has 2 aromatic rings. The summed E-state index contributed by atoms with van der Waals surface area (Å²) in [5.41, 5.74) is 1.62. The van der Waals surface area contributed by atoms with E-state index in [0.717, 1.165) is 11.3 Å². The van der Waals surface area contributed by atoms with E-state index in [1.54, 1.807) is 42.7 Å². The Hall–Kier alpha value is -2.07. The van der Waals surface area contributed by atoms with Crippen LogP contribution in [0.15, 0.2) is 42.7 Å². The summed E-state index contributed by atoms with van der Waals surface area (Å²) in [4.78, 5) is 14.6. The van der Waals surface area contributed by atoms with E-state index in [1.807, 2.05) is 6.92 Å². The molecule has 98 valence electrons. The Labute approximate surface area is 116 Å². The fraction of sp³-hybridized carbons (Fsp3) is 0.143. The molecule has 5 heteroatoms. The fourth-order valence-electron chi connectivity index (χ4n) is 1.59. The van der Waals surface area contributed by atoms with Crippen molar-refractivity contribution in [2.45, 2.75) is 6.92 Å². The fourth-order valence-corrected chi connectivity index (χ4v) is 1.81. The monoisotopic (exact) mass is 277 g/mol. The van der Waals surface area contributed by atoms with Gasteiger partial charge < -0.3 is 10.1 Å². The van der Waals surface area contributed by atoms with Gasteiger partial charge in [0.05, 0.1) is 5.69 Å². The van der Waals surface area contributed by atoms with Crippen LogP contribution >= 0.6 is 11.6 Å². The number of rotatable bonds is 4. The first-order valence-electron chi connectivity index (χ1n) is 5.80. The first-order valence-corrected chi connectivity index (χ1v) is 6.18. The lowest BCUT2D eigenvalue weighted by Crippen LogP contribution is -2.20. The molecular formula is C14H14ClN2O2+. The molecule has 0 aliphatic carbocycles. The Kier molecular flexibility index (Phi) is 4.36. The Balaban J connectivity index is 1.90. The number of aromatic nitrogens is 1. The zero-order valence-corrected chi connectivity index (χ0v) is 11.2. The lowest BCUT2D eigenvalue weighted by Gasteiger charge is -2.09. The van der Waals surface area contributed by atoms with Gasteiger partial charge in [0, 0.05) is 17.2 Å². The summed E-state index contributed by atoms with van der Waals surface area (Å²) in [7, 11) is 0. The number of aryl methyl sites for hydroxylation is 1. The molecular weight excluding hydrogens is 264 g/mol. The SMILES string of the molecule is Cc1cc(Cl)ccc1OCC(=O)Nc1cc[nH+]cc1. The molecule has 0 saturated carbocycles. The summed E-state index contributed by atoms with van der Waals surface area (Å²) in [6.07, 6.45) is 3.47. The van der Waals surface area contributed by atoms with Crippen LogP contribution in [0, 0.1) is 6.92 Å². The highest BCUT2D eigenvalue weighted by atomic mass is 35.5. The minimum atomic E-state index is -0.208. The molecule has 2 rings (SSSR count). The van der Waals surface area contributed by atoms with Gasteiger partial charge in [-0.25, -0.2) is 4.98 Å². The van der Waals surface area contributed by atoms with E-state index < -0.39 is 0 Å². The normalized spacial score (nSPS) is 10.0. The third kappa shape index (κ3) is 3.96. The number of H-pyrrole nitrogens is 1. The number of hydrogen-bond donors (Lipinski definition) is 1. The minimum absolute atomic E-state index is 0.0406. The van der Waals surface area contributed by atoms with Crippen LogP contribution in [0.25, 0.3) is 0 Å². The molecule has 0 fully saturated rings. The molecule has 1 aromatic heterocycles. The smallest absolute Gasteiger partial charge is 0.262 e. The summed E-state index contributed by atoms with van der Waals surface area (Å²) in [5, 5.41) is 3.38. The van der Waals surface area contributed by atoms with E-state index in [-0.39, 0.29) is 12.5 Å². The lowest BCUT2D eigenvalue weighted by molar-refractivity contribution is -0.377. The molecule has 0 aliphatic rings. The van der Waals surface area contributed by atoms with Crippen LogP contribution in [0.1, 0.15) is 5.56 Å². The standard InChI is InChI=1S/C14H13ClN2O2/c1-10-8-11(15)2-3-13(10)19-9-14(18)17-12-4-6-16-7-5-12/h2-8H,9H2,1H3,(H,16,17,18)/p+1. The molecule has 2 N–H and O–H groups in total. The molecule has 0 aliphatic heterocycles. The number of nitrogens with one attached hydrogen (secondary N) is 2. The van der Waals surface area contributed by atoms with Gasteiger partial charge in [0.15, 0.2) is 19.0 Å². The first-order chi connectivity index (χ1) is 9.15. The van der Waals surface area contributed by atoms with E-state index in [0.29, 0.717) is 10.8 Å². The number of carbonyl (C=O) groups excluding carboxylic acids is 1. The van der Waals surface area contributed by atoms with Crippen molar-refractivity contribution in [1.29, 1.82) is 0 Å². The highest BCUT2D eigenvalue weighted by molar-refractivity contribution is 6.30. The van der Waals surface area contributed by atoms with E-state index >= 15 is 0 Å². The predicted octanol–water partition coefficient (Wildman–Crippen LogP) is 2.48. The number of hydrogen-bond acceptors (Lipinski definition) is 2. The number of pyridine rings is 1. The van der Waals surface area contributed by atoms with Crippen LogP contribution < -0.4 is 15.0 Å². The topological polar surface area (TPSA) is 52.5 Å². The molecule has 0 unspecified atom stereocenters. The quantitative estimate of drug-likeness (QED) is 0.933. The number of halogens is 1. The highest BCUT2D eigenvalue weighted by Gasteiger charge is 2.06. The Morgan fingerprint density at radius 3 is 2.74 bits per heavy atom. The van der Waals surface area contributed by atoms with Gasteiger partial charge in [-0.2, -0.15) is 0 Å². The lowest BCUT2D eigenvalue weighted by atomic mass is 10.2. The predicted molar refractivity (Wildman–Crippen MR) is 73.3 cm³/mol. The van der Waals surface area contributed by atoms with Crippen molar-refractivity contribution in [3.63, 3.8) is 0 Å². The second-order valence-electron chi connectivity index (χ2n) is 4.04. The summed E-state index contributed by atoms with van der Waals surface area (Å²) in [6.45, 7) is 1.84. The molecule has 0 atom stereocenters. The molecule has 19 heavy (non-hydrogen) atoms. The molecule has 1 aromatic carbocycles. The molecule has 1 amide bonds. The van der Waals surface area contributed by atoms with Crippen molar-refractivity contribution in [3.05, 3.63) is 53.3 Å². The summed E-state index contributed by atoms with van der Waals surface area (Å²) >= 11 is 5.85. The van der Waals surface area contributed by atoms with Gasteiger partial charge in [0.2, 0.25) is 0 Å². The van der Waals surface area contributed by atoms with Crippen molar-refractivity contribution >= 4 is 23.2 Å². The number of carbonyl (C=O) groups is 1. The van der Waals surface area contributed by atoms with E-state index in [9.17, 15) is 4.79 Å². The molecule has 0 bridgehead atoms. The number of ether oxygens (including phenoxy) is 1. The first kappa shape index (κ1) is 13.4. The Bertz CT molecular complexity index is 573. The van der Waals surface area contributed by atoms with Crippen LogP contribution in [0.3, 0.4) is 0 Å². The van der Waals surface area contributed by atoms with Crippen LogP contribution in [0.2, 0.25) is 5.02 Å².